The maximum Gasteiger partial charge on any atom is 0.258 e. The largest absolute Gasteiger partial charge is 0.484 e. The summed E-state index contributed by atoms with van der Waals surface area (Å²) in [6, 6.07) is 19.8. The molecule has 2 heterocycles. The first-order valence-electron chi connectivity index (χ1n) is 11.1. The zero-order valence-corrected chi connectivity index (χ0v) is 18.0. The van der Waals surface area contributed by atoms with Gasteiger partial charge >= 0.3 is 0 Å². The molecule has 1 aromatic heterocycles. The highest BCUT2D eigenvalue weighted by Gasteiger charge is 2.25. The lowest BCUT2D eigenvalue weighted by Gasteiger charge is -2.33. The molecule has 4 rings (SSSR count). The number of likely N-dealkylation sites (tertiary alicyclic amines) is 1. The third-order valence-electron chi connectivity index (χ3n) is 5.72. The first kappa shape index (κ1) is 21.8. The molecule has 166 valence electrons. The van der Waals surface area contributed by atoms with Crippen molar-refractivity contribution in [1.29, 1.82) is 0 Å². The van der Waals surface area contributed by atoms with Gasteiger partial charge in [-0.15, -0.1) is 0 Å². The topological polar surface area (TPSA) is 71.8 Å². The van der Waals surface area contributed by atoms with Crippen molar-refractivity contribution < 1.29 is 18.7 Å². The van der Waals surface area contributed by atoms with Crippen LogP contribution in [0.15, 0.2) is 77.4 Å². The molecule has 1 atom stereocenters. The van der Waals surface area contributed by atoms with E-state index in [1.165, 1.54) is 6.42 Å². The van der Waals surface area contributed by atoms with Gasteiger partial charge in [0.1, 0.15) is 11.5 Å². The van der Waals surface area contributed by atoms with Gasteiger partial charge in [-0.25, -0.2) is 0 Å². The molecular weight excluding hydrogens is 404 g/mol. The van der Waals surface area contributed by atoms with Gasteiger partial charge in [0.2, 0.25) is 0 Å². The smallest absolute Gasteiger partial charge is 0.258 e. The molecule has 3 aromatic rings. The van der Waals surface area contributed by atoms with Gasteiger partial charge in [0.15, 0.2) is 12.4 Å². The molecule has 1 amide bonds. The Bertz CT molecular complexity index is 994. The van der Waals surface area contributed by atoms with Gasteiger partial charge in [0.25, 0.3) is 5.91 Å². The molecule has 0 radical (unpaired) electrons. The second kappa shape index (κ2) is 10.8. The van der Waals surface area contributed by atoms with Crippen molar-refractivity contribution in [3.8, 4) is 5.75 Å². The Morgan fingerprint density at radius 1 is 0.906 bits per heavy atom. The number of ether oxygens (including phenoxy) is 1. The van der Waals surface area contributed by atoms with Crippen LogP contribution in [0.4, 0.5) is 0 Å². The SMILES string of the molecule is O=C(COc1ccc(C(=O)c2ccccc2)cc1)NCC(c1ccco1)N1CCCCC1. The monoisotopic (exact) mass is 432 g/mol. The summed E-state index contributed by atoms with van der Waals surface area (Å²) in [4.78, 5) is 27.2. The highest BCUT2D eigenvalue weighted by atomic mass is 16.5. The molecule has 0 aliphatic carbocycles. The molecular formula is C26H28N2O4. The van der Waals surface area contributed by atoms with E-state index in [0.717, 1.165) is 31.7 Å². The molecule has 1 aliphatic heterocycles. The molecule has 1 fully saturated rings. The van der Waals surface area contributed by atoms with Crippen molar-refractivity contribution in [1.82, 2.24) is 10.2 Å². The maximum absolute atomic E-state index is 12.5. The van der Waals surface area contributed by atoms with Crippen molar-refractivity contribution in [2.24, 2.45) is 0 Å². The number of nitrogens with one attached hydrogen (secondary N) is 1. The van der Waals surface area contributed by atoms with Gasteiger partial charge in [-0.1, -0.05) is 36.8 Å². The molecule has 2 aromatic carbocycles. The van der Waals surface area contributed by atoms with E-state index < -0.39 is 0 Å². The highest BCUT2D eigenvalue weighted by Crippen LogP contribution is 2.24. The number of furan rings is 1. The fraction of sp³-hybridized carbons (Fsp3) is 0.308. The lowest BCUT2D eigenvalue weighted by atomic mass is 10.0. The maximum atomic E-state index is 12.5. The minimum absolute atomic E-state index is 0.0255. The summed E-state index contributed by atoms with van der Waals surface area (Å²) in [5.74, 6) is 1.18. The first-order valence-corrected chi connectivity index (χ1v) is 11.1. The van der Waals surface area contributed by atoms with Crippen molar-refractivity contribution in [3.63, 3.8) is 0 Å². The zero-order chi connectivity index (χ0) is 22.2. The van der Waals surface area contributed by atoms with Crippen LogP contribution >= 0.6 is 0 Å². The number of piperidine rings is 1. The van der Waals surface area contributed by atoms with Crippen LogP contribution in [-0.2, 0) is 4.79 Å². The van der Waals surface area contributed by atoms with Crippen molar-refractivity contribution >= 4 is 11.7 Å². The number of carbonyl (C=O) groups is 2. The van der Waals surface area contributed by atoms with Crippen LogP contribution < -0.4 is 10.1 Å². The van der Waals surface area contributed by atoms with Crippen LogP contribution in [0.1, 0.15) is 47.0 Å². The lowest BCUT2D eigenvalue weighted by Crippen LogP contribution is -2.41. The lowest BCUT2D eigenvalue weighted by molar-refractivity contribution is -0.123. The molecule has 6 nitrogen and oxygen atoms in total. The number of benzene rings is 2. The Balaban J connectivity index is 1.28. The number of hydrogen-bond donors (Lipinski definition) is 1. The van der Waals surface area contributed by atoms with E-state index in [1.807, 2.05) is 30.3 Å². The molecule has 32 heavy (non-hydrogen) atoms. The van der Waals surface area contributed by atoms with E-state index in [9.17, 15) is 9.59 Å². The molecule has 1 aliphatic rings. The minimum atomic E-state index is -0.192. The highest BCUT2D eigenvalue weighted by molar-refractivity contribution is 6.08. The van der Waals surface area contributed by atoms with Gasteiger partial charge in [-0.05, 0) is 62.3 Å². The van der Waals surface area contributed by atoms with E-state index in [4.69, 9.17) is 9.15 Å². The first-order chi connectivity index (χ1) is 15.7. The van der Waals surface area contributed by atoms with Gasteiger partial charge in [0.05, 0.1) is 12.3 Å². The summed E-state index contributed by atoms with van der Waals surface area (Å²) < 4.78 is 11.2. The normalized spacial score (nSPS) is 15.1. The Morgan fingerprint density at radius 3 is 2.31 bits per heavy atom. The summed E-state index contributed by atoms with van der Waals surface area (Å²) in [7, 11) is 0. The van der Waals surface area contributed by atoms with E-state index >= 15 is 0 Å². The van der Waals surface area contributed by atoms with Crippen LogP contribution in [0, 0.1) is 0 Å². The van der Waals surface area contributed by atoms with Crippen LogP contribution in [0.5, 0.6) is 5.75 Å². The van der Waals surface area contributed by atoms with Gasteiger partial charge < -0.3 is 14.5 Å². The van der Waals surface area contributed by atoms with Crippen molar-refractivity contribution in [2.75, 3.05) is 26.2 Å². The zero-order valence-electron chi connectivity index (χ0n) is 18.0. The summed E-state index contributed by atoms with van der Waals surface area (Å²) >= 11 is 0. The summed E-state index contributed by atoms with van der Waals surface area (Å²) in [5, 5.41) is 2.97. The van der Waals surface area contributed by atoms with E-state index in [0.29, 0.717) is 23.4 Å². The van der Waals surface area contributed by atoms with Crippen molar-refractivity contribution in [2.45, 2.75) is 25.3 Å². The quantitative estimate of drug-likeness (QED) is 0.512. The average Bonchev–Trinajstić information content (AvgIpc) is 3.39. The van der Waals surface area contributed by atoms with Crippen molar-refractivity contribution in [3.05, 3.63) is 89.9 Å². The Hall–Kier alpha value is -3.38. The second-order valence-electron chi connectivity index (χ2n) is 7.94. The number of hydrogen-bond acceptors (Lipinski definition) is 5. The van der Waals surface area contributed by atoms with E-state index in [-0.39, 0.29) is 24.3 Å². The van der Waals surface area contributed by atoms with Gasteiger partial charge in [-0.2, -0.15) is 0 Å². The van der Waals surface area contributed by atoms with E-state index in [1.54, 1.807) is 42.7 Å². The van der Waals surface area contributed by atoms with Crippen LogP contribution in [0.25, 0.3) is 0 Å². The summed E-state index contributed by atoms with van der Waals surface area (Å²) in [6.07, 6.45) is 5.24. The van der Waals surface area contributed by atoms with Crippen LogP contribution in [0.3, 0.4) is 0 Å². The molecule has 0 saturated carbocycles. The predicted molar refractivity (Wildman–Crippen MR) is 122 cm³/mol. The molecule has 0 bridgehead atoms. The van der Waals surface area contributed by atoms with Gasteiger partial charge in [-0.3, -0.25) is 14.5 Å². The number of amides is 1. The summed E-state index contributed by atoms with van der Waals surface area (Å²) in [5.41, 5.74) is 1.22. The fourth-order valence-corrected chi connectivity index (χ4v) is 3.99. The number of nitrogens with zero attached hydrogens (tertiary/aromatic N) is 1. The average molecular weight is 433 g/mol. The Labute approximate surface area is 188 Å². The Kier molecular flexibility index (Phi) is 7.35. The van der Waals surface area contributed by atoms with Crippen LogP contribution in [0.2, 0.25) is 0 Å². The predicted octanol–water partition coefficient (Wildman–Crippen LogP) is 4.23. The second-order valence-corrected chi connectivity index (χ2v) is 7.94. The van der Waals surface area contributed by atoms with E-state index in [2.05, 4.69) is 10.2 Å². The fourth-order valence-electron chi connectivity index (χ4n) is 3.99. The standard InChI is InChI=1S/C26H28N2O4/c29-25(27-18-23(24-10-7-17-31-24)28-15-5-2-6-16-28)19-32-22-13-11-21(12-14-22)26(30)20-8-3-1-4-9-20/h1,3-4,7-14,17,23H,2,5-6,15-16,18-19H2,(H,27,29). The number of rotatable bonds is 9. The Morgan fingerprint density at radius 2 is 1.62 bits per heavy atom. The number of carbonyl (C=O) groups excluding carboxylic acids is 2. The van der Waals surface area contributed by atoms with Gasteiger partial charge in [0, 0.05) is 17.7 Å². The van der Waals surface area contributed by atoms with Crippen LogP contribution in [-0.4, -0.2) is 42.8 Å². The minimum Gasteiger partial charge on any atom is -0.484 e. The number of ketones is 1. The third-order valence-corrected chi connectivity index (χ3v) is 5.72. The third kappa shape index (κ3) is 5.65. The summed E-state index contributed by atoms with van der Waals surface area (Å²) in [6.45, 7) is 2.40. The molecule has 6 heteroatoms. The molecule has 1 saturated heterocycles. The molecule has 1 unspecified atom stereocenters. The molecule has 1 N–H and O–H groups in total. The molecule has 0 spiro atoms.